The average molecular weight is 523 g/mol. The fourth-order valence-electron chi connectivity index (χ4n) is 4.55. The molecule has 0 bridgehead atoms. The van der Waals surface area contributed by atoms with Crippen LogP contribution >= 0.6 is 0 Å². The molecule has 2 aromatic rings. The van der Waals surface area contributed by atoms with Crippen LogP contribution in [0.1, 0.15) is 52.9 Å². The molecule has 1 unspecified atom stereocenters. The smallest absolute Gasteiger partial charge is 0.231 e. The Morgan fingerprint density at radius 1 is 1.20 bits per heavy atom. The topological polar surface area (TPSA) is 44.8 Å². The van der Waals surface area contributed by atoms with E-state index < -0.39 is 0 Å². The van der Waals surface area contributed by atoms with Crippen LogP contribution in [0.2, 0.25) is 0 Å². The SMILES string of the molecule is CCCc1ccc(C(=O)CC2c3c(cc4c(c3OC)OCO4)CC[N+]2(C)C)cc1.[I-]. The van der Waals surface area contributed by atoms with Crippen LogP contribution in [-0.4, -0.2) is 44.8 Å². The number of aryl methyl sites for hydroxylation is 1. The van der Waals surface area contributed by atoms with Crippen LogP contribution in [0.15, 0.2) is 30.3 Å². The lowest BCUT2D eigenvalue weighted by molar-refractivity contribution is -0.922. The first-order chi connectivity index (χ1) is 13.9. The van der Waals surface area contributed by atoms with E-state index in [1.807, 2.05) is 12.1 Å². The Morgan fingerprint density at radius 2 is 1.93 bits per heavy atom. The van der Waals surface area contributed by atoms with Gasteiger partial charge < -0.3 is 42.7 Å². The number of quaternary nitrogens is 1. The van der Waals surface area contributed by atoms with Crippen molar-refractivity contribution >= 4 is 5.78 Å². The van der Waals surface area contributed by atoms with Gasteiger partial charge in [-0.1, -0.05) is 37.6 Å². The van der Waals surface area contributed by atoms with E-state index >= 15 is 0 Å². The number of carbonyl (C=O) groups excluding carboxylic acids is 1. The number of rotatable bonds is 6. The molecule has 2 aliphatic rings. The van der Waals surface area contributed by atoms with E-state index in [9.17, 15) is 4.79 Å². The van der Waals surface area contributed by atoms with Gasteiger partial charge >= 0.3 is 0 Å². The molecule has 30 heavy (non-hydrogen) atoms. The Kier molecular flexibility index (Phi) is 6.97. The molecule has 0 saturated heterocycles. The Balaban J connectivity index is 0.00000256. The van der Waals surface area contributed by atoms with E-state index in [4.69, 9.17) is 14.2 Å². The highest BCUT2D eigenvalue weighted by molar-refractivity contribution is 5.96. The molecule has 2 aromatic carbocycles. The van der Waals surface area contributed by atoms with E-state index in [0.29, 0.717) is 12.2 Å². The van der Waals surface area contributed by atoms with Crippen LogP contribution in [0.25, 0.3) is 0 Å². The maximum atomic E-state index is 13.2. The third kappa shape index (κ3) is 4.17. The number of likely N-dealkylation sites (N-methyl/N-ethyl adjacent to an activating group) is 1. The van der Waals surface area contributed by atoms with Crippen molar-refractivity contribution in [3.05, 3.63) is 52.6 Å². The summed E-state index contributed by atoms with van der Waals surface area (Å²) < 4.78 is 17.8. The zero-order valence-corrected chi connectivity index (χ0v) is 20.3. The van der Waals surface area contributed by atoms with Gasteiger partial charge in [0.25, 0.3) is 0 Å². The van der Waals surface area contributed by atoms with Gasteiger partial charge in [0.15, 0.2) is 17.3 Å². The van der Waals surface area contributed by atoms with Gasteiger partial charge in [0.1, 0.15) is 6.04 Å². The van der Waals surface area contributed by atoms with E-state index in [0.717, 1.165) is 52.9 Å². The van der Waals surface area contributed by atoms with Crippen molar-refractivity contribution in [3.8, 4) is 17.2 Å². The molecule has 2 aliphatic heterocycles. The molecule has 0 N–H and O–H groups in total. The number of hydrogen-bond donors (Lipinski definition) is 0. The summed E-state index contributed by atoms with van der Waals surface area (Å²) in [5, 5.41) is 0. The Hall–Kier alpha value is -1.80. The summed E-state index contributed by atoms with van der Waals surface area (Å²) in [7, 11) is 6.04. The predicted molar refractivity (Wildman–Crippen MR) is 112 cm³/mol. The largest absolute Gasteiger partial charge is 1.00 e. The van der Waals surface area contributed by atoms with Crippen molar-refractivity contribution in [1.29, 1.82) is 0 Å². The predicted octanol–water partition coefficient (Wildman–Crippen LogP) is 1.33. The van der Waals surface area contributed by atoms with Crippen molar-refractivity contribution in [2.75, 3.05) is 34.5 Å². The summed E-state index contributed by atoms with van der Waals surface area (Å²) in [6, 6.07) is 10.2. The number of fused-ring (bicyclic) bond motifs is 2. The lowest BCUT2D eigenvalue weighted by Crippen LogP contribution is -3.00. The summed E-state index contributed by atoms with van der Waals surface area (Å²) in [4.78, 5) is 13.2. The van der Waals surface area contributed by atoms with E-state index in [1.165, 1.54) is 11.1 Å². The molecular weight excluding hydrogens is 493 g/mol. The summed E-state index contributed by atoms with van der Waals surface area (Å²) in [5.74, 6) is 2.28. The van der Waals surface area contributed by atoms with Crippen molar-refractivity contribution in [3.63, 3.8) is 0 Å². The number of ether oxygens (including phenoxy) is 3. The Bertz CT molecular complexity index is 924. The minimum Gasteiger partial charge on any atom is -1.00 e. The monoisotopic (exact) mass is 523 g/mol. The second-order valence-electron chi connectivity index (χ2n) is 8.56. The fraction of sp³-hybridized carbons (Fsp3) is 0.458. The van der Waals surface area contributed by atoms with Gasteiger partial charge in [-0.15, -0.1) is 0 Å². The molecule has 4 rings (SSSR count). The number of methoxy groups -OCH3 is 1. The van der Waals surface area contributed by atoms with Crippen molar-refractivity contribution in [2.24, 2.45) is 0 Å². The highest BCUT2D eigenvalue weighted by Crippen LogP contribution is 2.51. The van der Waals surface area contributed by atoms with E-state index in [1.54, 1.807) is 7.11 Å². The first kappa shape index (κ1) is 22.9. The Labute approximate surface area is 195 Å². The molecule has 2 heterocycles. The minimum atomic E-state index is 0. The quantitative estimate of drug-likeness (QED) is 0.326. The van der Waals surface area contributed by atoms with Gasteiger partial charge in [0, 0.05) is 12.0 Å². The molecule has 6 heteroatoms. The zero-order chi connectivity index (χ0) is 20.6. The van der Waals surface area contributed by atoms with Crippen LogP contribution in [-0.2, 0) is 12.8 Å². The number of hydrogen-bond acceptors (Lipinski definition) is 4. The summed E-state index contributed by atoms with van der Waals surface area (Å²) >= 11 is 0. The molecule has 0 aromatic heterocycles. The van der Waals surface area contributed by atoms with Crippen LogP contribution < -0.4 is 38.2 Å². The first-order valence-corrected chi connectivity index (χ1v) is 10.4. The molecular formula is C24H30INO4. The normalized spacial score (nSPS) is 18.3. The molecule has 5 nitrogen and oxygen atoms in total. The number of benzene rings is 2. The van der Waals surface area contributed by atoms with Gasteiger partial charge in [0.2, 0.25) is 12.5 Å². The number of carbonyl (C=O) groups is 1. The van der Waals surface area contributed by atoms with Crippen LogP contribution in [0.4, 0.5) is 0 Å². The second-order valence-corrected chi connectivity index (χ2v) is 8.56. The molecule has 162 valence electrons. The molecule has 1 atom stereocenters. The Morgan fingerprint density at radius 3 is 2.60 bits per heavy atom. The maximum Gasteiger partial charge on any atom is 0.231 e. The maximum absolute atomic E-state index is 13.2. The van der Waals surface area contributed by atoms with Gasteiger partial charge in [0.05, 0.1) is 39.7 Å². The van der Waals surface area contributed by atoms with Crippen molar-refractivity contribution in [2.45, 2.75) is 38.6 Å². The number of halogens is 1. The van der Waals surface area contributed by atoms with Gasteiger partial charge in [-0.2, -0.15) is 0 Å². The number of Topliss-reactive ketones (excluding diaryl/α,β-unsaturated/α-hetero) is 1. The standard InChI is InChI=1S/C24H30NO4.HI/c1-5-6-16-7-9-17(10-8-16)20(26)14-19-22-18(11-12-25(19,2)3)13-21-23(24(22)27-4)29-15-28-21;/h7-10,13,19H,5-6,11-12,14-15H2,1-4H3;1H/q+1;/p-1. The van der Waals surface area contributed by atoms with Crippen LogP contribution in [0.5, 0.6) is 17.2 Å². The third-order valence-electron chi connectivity index (χ3n) is 6.28. The lowest BCUT2D eigenvalue weighted by Gasteiger charge is -2.43. The third-order valence-corrected chi connectivity index (χ3v) is 6.28. The molecule has 0 spiro atoms. The average Bonchev–Trinajstić information content (AvgIpc) is 3.17. The number of ketones is 1. The van der Waals surface area contributed by atoms with Crippen LogP contribution in [0, 0.1) is 0 Å². The molecule has 0 saturated carbocycles. The fourth-order valence-corrected chi connectivity index (χ4v) is 4.55. The van der Waals surface area contributed by atoms with Crippen LogP contribution in [0.3, 0.4) is 0 Å². The van der Waals surface area contributed by atoms with E-state index in [2.05, 4.69) is 39.2 Å². The van der Waals surface area contributed by atoms with E-state index in [-0.39, 0.29) is 42.6 Å². The van der Waals surface area contributed by atoms with Gasteiger partial charge in [-0.25, -0.2) is 0 Å². The highest BCUT2D eigenvalue weighted by Gasteiger charge is 2.42. The molecule has 0 fully saturated rings. The molecule has 0 amide bonds. The number of nitrogens with zero attached hydrogens (tertiary/aromatic N) is 1. The second kappa shape index (κ2) is 9.14. The van der Waals surface area contributed by atoms with Gasteiger partial charge in [-0.3, -0.25) is 4.79 Å². The molecule has 0 aliphatic carbocycles. The van der Waals surface area contributed by atoms with Crippen molar-refractivity contribution in [1.82, 2.24) is 0 Å². The molecule has 0 radical (unpaired) electrons. The summed E-state index contributed by atoms with van der Waals surface area (Å²) in [5.41, 5.74) is 4.33. The summed E-state index contributed by atoms with van der Waals surface area (Å²) in [6.07, 6.45) is 3.50. The zero-order valence-electron chi connectivity index (χ0n) is 18.2. The highest BCUT2D eigenvalue weighted by atomic mass is 127. The lowest BCUT2D eigenvalue weighted by atomic mass is 9.85. The summed E-state index contributed by atoms with van der Waals surface area (Å²) in [6.45, 7) is 3.34. The van der Waals surface area contributed by atoms with Gasteiger partial charge in [-0.05, 0) is 23.6 Å². The van der Waals surface area contributed by atoms with Crippen molar-refractivity contribution < 1.29 is 47.5 Å². The first-order valence-electron chi connectivity index (χ1n) is 10.4. The minimum absolute atomic E-state index is 0.